The Labute approximate surface area is 116 Å². The first kappa shape index (κ1) is 13.9. The van der Waals surface area contributed by atoms with Gasteiger partial charge in [-0.05, 0) is 43.5 Å². The summed E-state index contributed by atoms with van der Waals surface area (Å²) in [4.78, 5) is 2.37. The van der Waals surface area contributed by atoms with E-state index in [0.717, 1.165) is 36.8 Å². The number of rotatable bonds is 4. The average Bonchev–Trinajstić information content (AvgIpc) is 2.47. The smallest absolute Gasteiger partial charge is 0.101 e. The quantitative estimate of drug-likeness (QED) is 0.901. The van der Waals surface area contributed by atoms with Crippen molar-refractivity contribution in [2.45, 2.75) is 32.7 Å². The number of hydrogen-bond donors (Lipinski definition) is 1. The molecule has 0 radical (unpaired) electrons. The highest BCUT2D eigenvalue weighted by Crippen LogP contribution is 2.28. The lowest BCUT2D eigenvalue weighted by molar-refractivity contribution is 0.395. The predicted octanol–water partition coefficient (Wildman–Crippen LogP) is 2.90. The zero-order chi connectivity index (χ0) is 13.7. The minimum atomic E-state index is 0.808. The fourth-order valence-corrected chi connectivity index (χ4v) is 2.84. The SMILES string of the molecule is CCC1CCN(c2ccc(CNC)cc2C#N)CC1. The molecule has 0 saturated carbocycles. The van der Waals surface area contributed by atoms with Crippen LogP contribution in [0.2, 0.25) is 0 Å². The van der Waals surface area contributed by atoms with Gasteiger partial charge in [-0.2, -0.15) is 5.26 Å². The average molecular weight is 257 g/mol. The third kappa shape index (κ3) is 3.27. The van der Waals surface area contributed by atoms with Crippen molar-refractivity contribution in [1.29, 1.82) is 5.26 Å². The van der Waals surface area contributed by atoms with Crippen LogP contribution >= 0.6 is 0 Å². The van der Waals surface area contributed by atoms with Gasteiger partial charge in [0.2, 0.25) is 0 Å². The van der Waals surface area contributed by atoms with Crippen LogP contribution in [0.15, 0.2) is 18.2 Å². The van der Waals surface area contributed by atoms with Gasteiger partial charge >= 0.3 is 0 Å². The van der Waals surface area contributed by atoms with Crippen molar-refractivity contribution in [1.82, 2.24) is 5.32 Å². The number of anilines is 1. The van der Waals surface area contributed by atoms with Gasteiger partial charge in [0.15, 0.2) is 0 Å². The molecule has 1 aromatic carbocycles. The summed E-state index contributed by atoms with van der Waals surface area (Å²) in [7, 11) is 1.93. The molecule has 1 saturated heterocycles. The van der Waals surface area contributed by atoms with Crippen LogP contribution < -0.4 is 10.2 Å². The van der Waals surface area contributed by atoms with Gasteiger partial charge < -0.3 is 10.2 Å². The zero-order valence-corrected chi connectivity index (χ0v) is 11.9. The molecule has 1 heterocycles. The van der Waals surface area contributed by atoms with Crippen LogP contribution in [-0.4, -0.2) is 20.1 Å². The lowest BCUT2D eigenvalue weighted by Crippen LogP contribution is -2.34. The van der Waals surface area contributed by atoms with Crippen molar-refractivity contribution in [2.75, 3.05) is 25.0 Å². The maximum Gasteiger partial charge on any atom is 0.101 e. The molecule has 3 nitrogen and oxygen atoms in total. The molecule has 102 valence electrons. The second-order valence-electron chi connectivity index (χ2n) is 5.33. The summed E-state index contributed by atoms with van der Waals surface area (Å²) in [5.74, 6) is 0.866. The fourth-order valence-electron chi connectivity index (χ4n) is 2.84. The Bertz CT molecular complexity index is 454. The van der Waals surface area contributed by atoms with E-state index in [4.69, 9.17) is 0 Å². The van der Waals surface area contributed by atoms with E-state index in [-0.39, 0.29) is 0 Å². The molecule has 2 rings (SSSR count). The number of hydrogen-bond acceptors (Lipinski definition) is 3. The van der Waals surface area contributed by atoms with Gasteiger partial charge in [0.05, 0.1) is 11.3 Å². The van der Waals surface area contributed by atoms with Gasteiger partial charge in [-0.15, -0.1) is 0 Å². The maximum absolute atomic E-state index is 9.34. The molecule has 0 aliphatic carbocycles. The summed E-state index contributed by atoms with van der Waals surface area (Å²) in [6.45, 7) is 5.25. The van der Waals surface area contributed by atoms with Gasteiger partial charge in [-0.3, -0.25) is 0 Å². The maximum atomic E-state index is 9.34. The van der Waals surface area contributed by atoms with Crippen molar-refractivity contribution in [3.63, 3.8) is 0 Å². The van der Waals surface area contributed by atoms with Crippen molar-refractivity contribution in [3.05, 3.63) is 29.3 Å². The van der Waals surface area contributed by atoms with Crippen molar-refractivity contribution < 1.29 is 0 Å². The van der Waals surface area contributed by atoms with Crippen molar-refractivity contribution in [2.24, 2.45) is 5.92 Å². The highest BCUT2D eigenvalue weighted by Gasteiger charge is 2.19. The van der Waals surface area contributed by atoms with E-state index in [1.54, 1.807) is 0 Å². The van der Waals surface area contributed by atoms with E-state index in [0.29, 0.717) is 0 Å². The standard InChI is InChI=1S/C16H23N3/c1-3-13-6-8-19(9-7-13)16-5-4-14(12-18-2)10-15(16)11-17/h4-5,10,13,18H,3,6-9,12H2,1-2H3. The Kier molecular flexibility index (Phi) is 4.81. The van der Waals surface area contributed by atoms with Crippen LogP contribution in [0.1, 0.15) is 37.3 Å². The number of nitriles is 1. The van der Waals surface area contributed by atoms with Crippen molar-refractivity contribution >= 4 is 5.69 Å². The third-order valence-corrected chi connectivity index (χ3v) is 4.09. The van der Waals surface area contributed by atoms with Crippen LogP contribution in [-0.2, 0) is 6.54 Å². The van der Waals surface area contributed by atoms with E-state index >= 15 is 0 Å². The van der Waals surface area contributed by atoms with Gasteiger partial charge in [0.1, 0.15) is 6.07 Å². The van der Waals surface area contributed by atoms with Crippen LogP contribution in [0.4, 0.5) is 5.69 Å². The Morgan fingerprint density at radius 1 is 1.37 bits per heavy atom. The van der Waals surface area contributed by atoms with Crippen LogP contribution in [0.3, 0.4) is 0 Å². The lowest BCUT2D eigenvalue weighted by Gasteiger charge is -2.33. The van der Waals surface area contributed by atoms with Gasteiger partial charge in [-0.1, -0.05) is 19.4 Å². The summed E-state index contributed by atoms with van der Waals surface area (Å²) in [5, 5.41) is 12.5. The van der Waals surface area contributed by atoms with Gasteiger partial charge in [0.25, 0.3) is 0 Å². The van der Waals surface area contributed by atoms with Crippen LogP contribution in [0, 0.1) is 17.2 Å². The fraction of sp³-hybridized carbons (Fsp3) is 0.562. The van der Waals surface area contributed by atoms with Gasteiger partial charge in [0, 0.05) is 19.6 Å². The summed E-state index contributed by atoms with van der Waals surface area (Å²) in [6.07, 6.45) is 3.78. The second-order valence-corrected chi connectivity index (χ2v) is 5.33. The summed E-state index contributed by atoms with van der Waals surface area (Å²) in [6, 6.07) is 8.59. The monoisotopic (exact) mass is 257 g/mol. The summed E-state index contributed by atoms with van der Waals surface area (Å²) >= 11 is 0. The molecule has 3 heteroatoms. The van der Waals surface area contributed by atoms with E-state index in [1.807, 2.05) is 13.1 Å². The molecule has 19 heavy (non-hydrogen) atoms. The lowest BCUT2D eigenvalue weighted by atomic mass is 9.93. The summed E-state index contributed by atoms with van der Waals surface area (Å²) in [5.41, 5.74) is 3.09. The Morgan fingerprint density at radius 3 is 2.68 bits per heavy atom. The Hall–Kier alpha value is -1.53. The number of nitrogens with zero attached hydrogens (tertiary/aromatic N) is 2. The molecule has 1 N–H and O–H groups in total. The Morgan fingerprint density at radius 2 is 2.11 bits per heavy atom. The van der Waals surface area contributed by atoms with E-state index in [2.05, 4.69) is 35.3 Å². The molecule has 0 amide bonds. The molecule has 0 aromatic heterocycles. The van der Waals surface area contributed by atoms with E-state index in [9.17, 15) is 5.26 Å². The predicted molar refractivity (Wildman–Crippen MR) is 79.1 cm³/mol. The first-order chi connectivity index (χ1) is 9.28. The zero-order valence-electron chi connectivity index (χ0n) is 11.9. The molecule has 1 aliphatic rings. The molecule has 0 atom stereocenters. The Balaban J connectivity index is 2.14. The second kappa shape index (κ2) is 6.58. The van der Waals surface area contributed by atoms with E-state index in [1.165, 1.54) is 24.8 Å². The first-order valence-electron chi connectivity index (χ1n) is 7.21. The topological polar surface area (TPSA) is 39.1 Å². The van der Waals surface area contributed by atoms with Crippen molar-refractivity contribution in [3.8, 4) is 6.07 Å². The largest absolute Gasteiger partial charge is 0.370 e. The summed E-state index contributed by atoms with van der Waals surface area (Å²) < 4.78 is 0. The highest BCUT2D eigenvalue weighted by molar-refractivity contribution is 5.60. The minimum Gasteiger partial charge on any atom is -0.370 e. The van der Waals surface area contributed by atoms with E-state index < -0.39 is 0 Å². The third-order valence-electron chi connectivity index (χ3n) is 4.09. The van der Waals surface area contributed by atoms with Gasteiger partial charge in [-0.25, -0.2) is 0 Å². The highest BCUT2D eigenvalue weighted by atomic mass is 15.1. The molecule has 0 unspecified atom stereocenters. The number of benzene rings is 1. The molecule has 1 aliphatic heterocycles. The number of nitrogens with one attached hydrogen (secondary N) is 1. The molecular formula is C16H23N3. The normalized spacial score (nSPS) is 16.4. The first-order valence-corrected chi connectivity index (χ1v) is 7.21. The molecule has 0 bridgehead atoms. The molecular weight excluding hydrogens is 234 g/mol. The minimum absolute atomic E-state index is 0.808. The molecule has 0 spiro atoms. The molecule has 1 fully saturated rings. The van der Waals surface area contributed by atoms with Crippen LogP contribution in [0.5, 0.6) is 0 Å². The number of piperidine rings is 1. The van der Waals surface area contributed by atoms with Crippen LogP contribution in [0.25, 0.3) is 0 Å². The molecule has 1 aromatic rings.